The lowest BCUT2D eigenvalue weighted by Gasteiger charge is -2.27. The van der Waals surface area contributed by atoms with Gasteiger partial charge in [-0.05, 0) is 37.8 Å². The molecule has 30 heavy (non-hydrogen) atoms. The maximum absolute atomic E-state index is 14.5. The summed E-state index contributed by atoms with van der Waals surface area (Å²) in [6.45, 7) is 0.933. The monoisotopic (exact) mass is 414 g/mol. The molecule has 0 bridgehead atoms. The minimum Gasteiger partial charge on any atom is -0.481 e. The van der Waals surface area contributed by atoms with Gasteiger partial charge in [0, 0.05) is 23.8 Å². The third-order valence-electron chi connectivity index (χ3n) is 5.50. The fraction of sp³-hybridized carbons (Fsp3) is 0.429. The SMILES string of the molecule is O=C(O)[C@@H]1CCC[C@H](Nc2ncc(F)c(-c3cccc(N4CCCOC4=O)c3)n2)C1. The molecule has 4 rings (SSSR count). The van der Waals surface area contributed by atoms with Crippen molar-refractivity contribution < 1.29 is 23.8 Å². The molecule has 1 aromatic carbocycles. The Morgan fingerprint density at radius 3 is 2.97 bits per heavy atom. The molecule has 1 aliphatic carbocycles. The van der Waals surface area contributed by atoms with Gasteiger partial charge < -0.3 is 15.2 Å². The Balaban J connectivity index is 1.56. The van der Waals surface area contributed by atoms with Crippen LogP contribution in [0.2, 0.25) is 0 Å². The molecule has 2 atom stereocenters. The molecule has 8 nitrogen and oxygen atoms in total. The van der Waals surface area contributed by atoms with Crippen LogP contribution in [0.25, 0.3) is 11.3 Å². The van der Waals surface area contributed by atoms with Gasteiger partial charge in [0.25, 0.3) is 0 Å². The van der Waals surface area contributed by atoms with Gasteiger partial charge in [0.1, 0.15) is 5.69 Å². The van der Waals surface area contributed by atoms with Gasteiger partial charge >= 0.3 is 12.1 Å². The van der Waals surface area contributed by atoms with E-state index in [-0.39, 0.29) is 17.7 Å². The number of benzene rings is 1. The molecule has 2 heterocycles. The fourth-order valence-electron chi connectivity index (χ4n) is 3.97. The number of halogens is 1. The molecule has 0 unspecified atom stereocenters. The first-order valence-corrected chi connectivity index (χ1v) is 10.1. The first kappa shape index (κ1) is 20.1. The highest BCUT2D eigenvalue weighted by molar-refractivity contribution is 5.89. The highest BCUT2D eigenvalue weighted by atomic mass is 19.1. The average molecular weight is 414 g/mol. The van der Waals surface area contributed by atoms with Gasteiger partial charge in [0.05, 0.1) is 18.7 Å². The van der Waals surface area contributed by atoms with Gasteiger partial charge in [0.2, 0.25) is 5.95 Å². The molecule has 2 aliphatic rings. The molecular weight excluding hydrogens is 391 g/mol. The maximum Gasteiger partial charge on any atom is 0.414 e. The number of ether oxygens (including phenoxy) is 1. The summed E-state index contributed by atoms with van der Waals surface area (Å²) < 4.78 is 19.6. The highest BCUT2D eigenvalue weighted by Crippen LogP contribution is 2.29. The van der Waals surface area contributed by atoms with E-state index in [9.17, 15) is 19.1 Å². The molecule has 1 saturated heterocycles. The molecular formula is C21H23FN4O4. The van der Waals surface area contributed by atoms with E-state index in [0.717, 1.165) is 25.5 Å². The first-order chi connectivity index (χ1) is 14.5. The molecule has 2 N–H and O–H groups in total. The van der Waals surface area contributed by atoms with Crippen LogP contribution in [0.1, 0.15) is 32.1 Å². The summed E-state index contributed by atoms with van der Waals surface area (Å²) in [5, 5.41) is 12.4. The van der Waals surface area contributed by atoms with E-state index in [1.165, 1.54) is 4.90 Å². The number of cyclic esters (lactones) is 1. The van der Waals surface area contributed by atoms with Crippen LogP contribution in [0, 0.1) is 11.7 Å². The van der Waals surface area contributed by atoms with Crippen molar-refractivity contribution in [2.24, 2.45) is 5.92 Å². The van der Waals surface area contributed by atoms with Gasteiger partial charge in [-0.15, -0.1) is 0 Å². The van der Waals surface area contributed by atoms with Crippen LogP contribution in [-0.4, -0.2) is 46.3 Å². The largest absolute Gasteiger partial charge is 0.481 e. The van der Waals surface area contributed by atoms with Crippen molar-refractivity contribution in [1.29, 1.82) is 0 Å². The summed E-state index contributed by atoms with van der Waals surface area (Å²) >= 11 is 0. The number of carbonyl (C=O) groups excluding carboxylic acids is 1. The topological polar surface area (TPSA) is 105 Å². The number of rotatable bonds is 5. The number of amides is 1. The van der Waals surface area contributed by atoms with Gasteiger partial charge in [0.15, 0.2) is 5.82 Å². The van der Waals surface area contributed by atoms with Crippen LogP contribution in [0.15, 0.2) is 30.5 Å². The number of carboxylic acids is 1. The van der Waals surface area contributed by atoms with E-state index < -0.39 is 23.8 Å². The van der Waals surface area contributed by atoms with Crippen LogP contribution < -0.4 is 10.2 Å². The zero-order chi connectivity index (χ0) is 21.1. The number of anilines is 2. The quantitative estimate of drug-likeness (QED) is 0.769. The van der Waals surface area contributed by atoms with E-state index in [4.69, 9.17) is 4.74 Å². The van der Waals surface area contributed by atoms with Crippen molar-refractivity contribution in [1.82, 2.24) is 9.97 Å². The molecule has 1 aliphatic heterocycles. The first-order valence-electron chi connectivity index (χ1n) is 10.1. The van der Waals surface area contributed by atoms with Gasteiger partial charge in [-0.2, -0.15) is 0 Å². The Hall–Kier alpha value is -3.23. The summed E-state index contributed by atoms with van der Waals surface area (Å²) in [5.41, 5.74) is 1.24. The third-order valence-corrected chi connectivity index (χ3v) is 5.50. The third kappa shape index (κ3) is 4.34. The number of aliphatic carboxylic acids is 1. The molecule has 1 amide bonds. The summed E-state index contributed by atoms with van der Waals surface area (Å²) in [6.07, 6.45) is 4.17. The fourth-order valence-corrected chi connectivity index (χ4v) is 3.97. The van der Waals surface area contributed by atoms with Crippen molar-refractivity contribution in [3.8, 4) is 11.3 Å². The predicted molar refractivity (Wildman–Crippen MR) is 108 cm³/mol. The summed E-state index contributed by atoms with van der Waals surface area (Å²) in [6, 6.07) is 6.84. The minimum absolute atomic E-state index is 0.0763. The number of hydrogen-bond donors (Lipinski definition) is 2. The molecule has 9 heteroatoms. The Morgan fingerprint density at radius 1 is 1.30 bits per heavy atom. The van der Waals surface area contributed by atoms with Crippen molar-refractivity contribution in [3.05, 3.63) is 36.3 Å². The number of nitrogens with one attached hydrogen (secondary N) is 1. The second kappa shape index (κ2) is 8.64. The summed E-state index contributed by atoms with van der Waals surface area (Å²) in [5.74, 6) is -1.51. The Labute approximate surface area is 173 Å². The van der Waals surface area contributed by atoms with Crippen LogP contribution >= 0.6 is 0 Å². The lowest BCUT2D eigenvalue weighted by Crippen LogP contribution is -2.37. The maximum atomic E-state index is 14.5. The van der Waals surface area contributed by atoms with Gasteiger partial charge in [-0.3, -0.25) is 9.69 Å². The standard InChI is InChI=1S/C21H23FN4O4/c22-17-12-23-20(24-15-6-1-5-14(10-15)19(27)28)25-18(17)13-4-2-7-16(11-13)26-8-3-9-30-21(26)29/h2,4,7,11-12,14-15H,1,3,5-6,8-10H2,(H,27,28)(H,23,24,25)/t14-,15+/m1/s1. The minimum atomic E-state index is -0.796. The molecule has 1 aromatic heterocycles. The van der Waals surface area contributed by atoms with E-state index in [1.54, 1.807) is 24.3 Å². The Bertz CT molecular complexity index is 954. The molecule has 0 radical (unpaired) electrons. The van der Waals surface area contributed by atoms with Crippen molar-refractivity contribution >= 4 is 23.7 Å². The lowest BCUT2D eigenvalue weighted by atomic mass is 9.86. The van der Waals surface area contributed by atoms with Crippen LogP contribution in [0.3, 0.4) is 0 Å². The van der Waals surface area contributed by atoms with E-state index >= 15 is 0 Å². The molecule has 158 valence electrons. The molecule has 0 spiro atoms. The lowest BCUT2D eigenvalue weighted by molar-refractivity contribution is -0.142. The number of carboxylic acid groups (broad SMARTS) is 1. The van der Waals surface area contributed by atoms with Crippen molar-refractivity contribution in [3.63, 3.8) is 0 Å². The molecule has 1 saturated carbocycles. The number of nitrogens with zero attached hydrogens (tertiary/aromatic N) is 3. The average Bonchev–Trinajstić information content (AvgIpc) is 2.76. The Morgan fingerprint density at radius 2 is 2.17 bits per heavy atom. The van der Waals surface area contributed by atoms with Crippen LogP contribution in [0.4, 0.5) is 20.8 Å². The van der Waals surface area contributed by atoms with E-state index in [2.05, 4.69) is 15.3 Å². The van der Waals surface area contributed by atoms with Crippen LogP contribution in [0.5, 0.6) is 0 Å². The summed E-state index contributed by atoms with van der Waals surface area (Å²) in [4.78, 5) is 33.2. The van der Waals surface area contributed by atoms with Gasteiger partial charge in [-0.1, -0.05) is 18.6 Å². The van der Waals surface area contributed by atoms with E-state index in [0.29, 0.717) is 37.2 Å². The zero-order valence-electron chi connectivity index (χ0n) is 16.4. The van der Waals surface area contributed by atoms with Crippen molar-refractivity contribution in [2.45, 2.75) is 38.1 Å². The number of carbonyl (C=O) groups is 2. The summed E-state index contributed by atoms with van der Waals surface area (Å²) in [7, 11) is 0. The second-order valence-electron chi connectivity index (χ2n) is 7.60. The number of aromatic nitrogens is 2. The normalized spacial score (nSPS) is 21.8. The van der Waals surface area contributed by atoms with E-state index in [1.807, 2.05) is 0 Å². The molecule has 2 aromatic rings. The van der Waals surface area contributed by atoms with Crippen molar-refractivity contribution in [2.75, 3.05) is 23.4 Å². The number of hydrogen-bond acceptors (Lipinski definition) is 6. The Kier molecular flexibility index (Phi) is 5.78. The van der Waals surface area contributed by atoms with Crippen LogP contribution in [-0.2, 0) is 9.53 Å². The zero-order valence-corrected chi connectivity index (χ0v) is 16.4. The predicted octanol–water partition coefficient (Wildman–Crippen LogP) is 3.68. The highest BCUT2D eigenvalue weighted by Gasteiger charge is 2.27. The van der Waals surface area contributed by atoms with Gasteiger partial charge in [-0.25, -0.2) is 19.2 Å². The smallest absolute Gasteiger partial charge is 0.414 e. The molecule has 2 fully saturated rings. The second-order valence-corrected chi connectivity index (χ2v) is 7.60.